The van der Waals surface area contributed by atoms with Gasteiger partial charge in [0.2, 0.25) is 0 Å². The van der Waals surface area contributed by atoms with Gasteiger partial charge in [0, 0.05) is 25.7 Å². The monoisotopic (exact) mass is 237 g/mol. The maximum absolute atomic E-state index is 13.2. The number of likely N-dealkylation sites (tertiary alicyclic amines) is 1. The van der Waals surface area contributed by atoms with Crippen molar-refractivity contribution in [3.63, 3.8) is 0 Å². The fourth-order valence-corrected chi connectivity index (χ4v) is 2.90. The third kappa shape index (κ3) is 3.43. The maximum atomic E-state index is 13.2. The molecule has 1 N–H and O–H groups in total. The number of benzene rings is 1. The first kappa shape index (κ1) is 12.4. The van der Waals surface area contributed by atoms with Crippen LogP contribution in [0.25, 0.3) is 0 Å². The molecule has 2 atom stereocenters. The van der Waals surface area contributed by atoms with Gasteiger partial charge in [-0.1, -0.05) is 13.8 Å². The number of aromatic hydroxyl groups is 1. The molecule has 1 aliphatic rings. The zero-order valence-corrected chi connectivity index (χ0v) is 10.5. The Bertz CT molecular complexity index is 364. The molecule has 1 saturated heterocycles. The molecule has 1 aliphatic heterocycles. The molecule has 0 aliphatic carbocycles. The molecule has 1 heterocycles. The molecule has 2 nitrogen and oxygen atoms in total. The Morgan fingerprint density at radius 2 is 1.88 bits per heavy atom. The number of hydrogen-bond donors (Lipinski definition) is 1. The van der Waals surface area contributed by atoms with Crippen LogP contribution >= 0.6 is 0 Å². The van der Waals surface area contributed by atoms with Crippen molar-refractivity contribution in [3.05, 3.63) is 29.6 Å². The van der Waals surface area contributed by atoms with E-state index in [0.717, 1.165) is 31.3 Å². The molecule has 0 amide bonds. The average Bonchev–Trinajstić information content (AvgIpc) is 2.13. The Morgan fingerprint density at radius 1 is 1.24 bits per heavy atom. The second-order valence-electron chi connectivity index (χ2n) is 5.46. The van der Waals surface area contributed by atoms with Gasteiger partial charge in [0.25, 0.3) is 0 Å². The molecule has 0 bridgehead atoms. The summed E-state index contributed by atoms with van der Waals surface area (Å²) in [5, 5.41) is 9.37. The summed E-state index contributed by atoms with van der Waals surface area (Å²) in [5.74, 6) is 1.04. The average molecular weight is 237 g/mol. The first-order valence-electron chi connectivity index (χ1n) is 6.23. The van der Waals surface area contributed by atoms with Crippen molar-refractivity contribution in [3.8, 4) is 5.75 Å². The van der Waals surface area contributed by atoms with Crippen LogP contribution in [0.5, 0.6) is 5.75 Å². The smallest absolute Gasteiger partial charge is 0.127 e. The molecule has 1 aromatic rings. The van der Waals surface area contributed by atoms with E-state index in [-0.39, 0.29) is 11.6 Å². The molecular formula is C14H20FNO. The number of rotatable bonds is 2. The largest absolute Gasteiger partial charge is 0.508 e. The van der Waals surface area contributed by atoms with Crippen LogP contribution < -0.4 is 0 Å². The summed E-state index contributed by atoms with van der Waals surface area (Å²) in [4.78, 5) is 2.34. The number of nitrogens with zero attached hydrogens (tertiary/aromatic N) is 1. The Balaban J connectivity index is 2.04. The predicted octanol–water partition coefficient (Wildman–Crippen LogP) is 3.01. The Kier molecular flexibility index (Phi) is 3.67. The predicted molar refractivity (Wildman–Crippen MR) is 66.3 cm³/mol. The zero-order valence-electron chi connectivity index (χ0n) is 10.5. The van der Waals surface area contributed by atoms with Crippen LogP contribution in [0.2, 0.25) is 0 Å². The van der Waals surface area contributed by atoms with Gasteiger partial charge in [0.05, 0.1) is 0 Å². The number of phenols is 1. The highest BCUT2D eigenvalue weighted by Crippen LogP contribution is 2.23. The molecule has 0 spiro atoms. The summed E-state index contributed by atoms with van der Waals surface area (Å²) in [6, 6.07) is 4.29. The van der Waals surface area contributed by atoms with Crippen LogP contribution in [-0.4, -0.2) is 23.1 Å². The van der Waals surface area contributed by atoms with E-state index in [1.807, 2.05) is 0 Å². The molecule has 2 unspecified atom stereocenters. The van der Waals surface area contributed by atoms with Crippen molar-refractivity contribution >= 4 is 0 Å². The number of halogens is 1. The molecule has 17 heavy (non-hydrogen) atoms. The lowest BCUT2D eigenvalue weighted by Crippen LogP contribution is -2.38. The first-order chi connectivity index (χ1) is 8.02. The summed E-state index contributed by atoms with van der Waals surface area (Å²) in [6.07, 6.45) is 1.27. The quantitative estimate of drug-likeness (QED) is 0.854. The molecular weight excluding hydrogens is 217 g/mol. The van der Waals surface area contributed by atoms with Crippen molar-refractivity contribution < 1.29 is 9.50 Å². The van der Waals surface area contributed by atoms with Crippen molar-refractivity contribution in [2.45, 2.75) is 26.8 Å². The maximum Gasteiger partial charge on any atom is 0.127 e. The fraction of sp³-hybridized carbons (Fsp3) is 0.571. The lowest BCUT2D eigenvalue weighted by molar-refractivity contribution is 0.134. The lowest BCUT2D eigenvalue weighted by Gasteiger charge is -2.35. The Labute approximate surface area is 102 Å². The zero-order chi connectivity index (χ0) is 12.4. The van der Waals surface area contributed by atoms with Gasteiger partial charge in [-0.05, 0) is 36.0 Å². The molecule has 0 radical (unpaired) electrons. The Hall–Kier alpha value is -1.09. The highest BCUT2D eigenvalue weighted by atomic mass is 19.1. The summed E-state index contributed by atoms with van der Waals surface area (Å²) >= 11 is 0. The standard InChI is InChI=1S/C14H20FNO/c1-10-3-11(2)8-16(7-10)9-12-4-13(15)6-14(17)5-12/h4-6,10-11,17H,3,7-9H2,1-2H3. The van der Waals surface area contributed by atoms with Gasteiger partial charge in [-0.2, -0.15) is 0 Å². The highest BCUT2D eigenvalue weighted by Gasteiger charge is 2.21. The summed E-state index contributed by atoms with van der Waals surface area (Å²) in [5.41, 5.74) is 0.851. The molecule has 94 valence electrons. The van der Waals surface area contributed by atoms with Gasteiger partial charge in [-0.3, -0.25) is 4.90 Å². The van der Waals surface area contributed by atoms with Crippen molar-refractivity contribution in [2.24, 2.45) is 11.8 Å². The van der Waals surface area contributed by atoms with Gasteiger partial charge >= 0.3 is 0 Å². The van der Waals surface area contributed by atoms with Crippen molar-refractivity contribution in [2.75, 3.05) is 13.1 Å². The van der Waals surface area contributed by atoms with E-state index in [4.69, 9.17) is 0 Å². The van der Waals surface area contributed by atoms with E-state index in [9.17, 15) is 9.50 Å². The third-order valence-corrected chi connectivity index (χ3v) is 3.29. The van der Waals surface area contributed by atoms with E-state index in [2.05, 4.69) is 18.7 Å². The van der Waals surface area contributed by atoms with Gasteiger partial charge in [-0.15, -0.1) is 0 Å². The van der Waals surface area contributed by atoms with Crippen LogP contribution in [0.1, 0.15) is 25.8 Å². The minimum Gasteiger partial charge on any atom is -0.508 e. The molecule has 1 fully saturated rings. The SMILES string of the molecule is CC1CC(C)CN(Cc2cc(O)cc(F)c2)C1. The first-order valence-corrected chi connectivity index (χ1v) is 6.23. The summed E-state index contributed by atoms with van der Waals surface area (Å²) in [7, 11) is 0. The van der Waals surface area contributed by atoms with E-state index in [0.29, 0.717) is 11.8 Å². The van der Waals surface area contributed by atoms with Crippen LogP contribution in [0.4, 0.5) is 4.39 Å². The van der Waals surface area contributed by atoms with Crippen LogP contribution in [0.15, 0.2) is 18.2 Å². The van der Waals surface area contributed by atoms with Crippen molar-refractivity contribution in [1.29, 1.82) is 0 Å². The normalized spacial score (nSPS) is 26.1. The molecule has 2 rings (SSSR count). The Morgan fingerprint density at radius 3 is 2.47 bits per heavy atom. The van der Waals surface area contributed by atoms with Gasteiger partial charge in [-0.25, -0.2) is 4.39 Å². The number of phenolic OH excluding ortho intramolecular Hbond substituents is 1. The van der Waals surface area contributed by atoms with E-state index in [1.165, 1.54) is 12.5 Å². The third-order valence-electron chi connectivity index (χ3n) is 3.29. The molecule has 0 aromatic heterocycles. The number of hydrogen-bond acceptors (Lipinski definition) is 2. The van der Waals surface area contributed by atoms with Crippen LogP contribution in [-0.2, 0) is 6.54 Å². The number of piperidine rings is 1. The van der Waals surface area contributed by atoms with Gasteiger partial charge in [0.15, 0.2) is 0 Å². The van der Waals surface area contributed by atoms with E-state index < -0.39 is 0 Å². The second-order valence-corrected chi connectivity index (χ2v) is 5.46. The minimum absolute atomic E-state index is 0.0121. The van der Waals surface area contributed by atoms with Crippen LogP contribution in [0, 0.1) is 17.7 Å². The van der Waals surface area contributed by atoms with Crippen LogP contribution in [0.3, 0.4) is 0 Å². The van der Waals surface area contributed by atoms with Crippen molar-refractivity contribution in [1.82, 2.24) is 4.90 Å². The summed E-state index contributed by atoms with van der Waals surface area (Å²) in [6.45, 7) is 7.35. The fourth-order valence-electron chi connectivity index (χ4n) is 2.90. The van der Waals surface area contributed by atoms with Gasteiger partial charge in [0.1, 0.15) is 11.6 Å². The topological polar surface area (TPSA) is 23.5 Å². The minimum atomic E-state index is -0.363. The second kappa shape index (κ2) is 5.05. The molecule has 1 aromatic carbocycles. The molecule has 0 saturated carbocycles. The van der Waals surface area contributed by atoms with E-state index >= 15 is 0 Å². The highest BCUT2D eigenvalue weighted by molar-refractivity contribution is 5.28. The lowest BCUT2D eigenvalue weighted by atomic mass is 9.91. The molecule has 3 heteroatoms. The summed E-state index contributed by atoms with van der Waals surface area (Å²) < 4.78 is 13.2. The van der Waals surface area contributed by atoms with E-state index in [1.54, 1.807) is 6.07 Å². The van der Waals surface area contributed by atoms with Gasteiger partial charge < -0.3 is 5.11 Å².